The number of carbonyl (C=O) groups is 1. The number of nitrogens with one attached hydrogen (secondary N) is 1. The van der Waals surface area contributed by atoms with Gasteiger partial charge in [-0.05, 0) is 49.9 Å². The minimum Gasteiger partial charge on any atom is -0.345 e. The van der Waals surface area contributed by atoms with Gasteiger partial charge in [0, 0.05) is 13.1 Å². The summed E-state index contributed by atoms with van der Waals surface area (Å²) in [6.07, 6.45) is 1.32. The summed E-state index contributed by atoms with van der Waals surface area (Å²) in [7, 11) is -3.63. The quantitative estimate of drug-likeness (QED) is 0.582. The molecule has 1 amide bonds. The van der Waals surface area contributed by atoms with Crippen molar-refractivity contribution < 1.29 is 13.2 Å². The van der Waals surface area contributed by atoms with E-state index in [1.165, 1.54) is 4.31 Å². The van der Waals surface area contributed by atoms with Gasteiger partial charge in [0.2, 0.25) is 15.9 Å². The molecule has 5 nitrogen and oxygen atoms in total. The zero-order chi connectivity index (χ0) is 23.4. The van der Waals surface area contributed by atoms with Gasteiger partial charge in [0.1, 0.15) is 0 Å². The Morgan fingerprint density at radius 1 is 0.909 bits per heavy atom. The van der Waals surface area contributed by atoms with Gasteiger partial charge in [-0.15, -0.1) is 0 Å². The highest BCUT2D eigenvalue weighted by molar-refractivity contribution is 7.89. The first-order valence-electron chi connectivity index (χ1n) is 11.3. The summed E-state index contributed by atoms with van der Waals surface area (Å²) in [5.41, 5.74) is 4.13. The molecule has 0 saturated carbocycles. The highest BCUT2D eigenvalue weighted by Gasteiger charge is 2.34. The van der Waals surface area contributed by atoms with Crippen molar-refractivity contribution in [3.63, 3.8) is 0 Å². The van der Waals surface area contributed by atoms with Crippen LogP contribution in [0.4, 0.5) is 0 Å². The monoisotopic (exact) mass is 462 g/mol. The summed E-state index contributed by atoms with van der Waals surface area (Å²) < 4.78 is 27.8. The highest BCUT2D eigenvalue weighted by Crippen LogP contribution is 2.27. The van der Waals surface area contributed by atoms with Gasteiger partial charge in [0.25, 0.3) is 0 Å². The van der Waals surface area contributed by atoms with Crippen molar-refractivity contribution >= 4 is 15.9 Å². The van der Waals surface area contributed by atoms with Gasteiger partial charge in [-0.3, -0.25) is 4.79 Å². The van der Waals surface area contributed by atoms with E-state index in [2.05, 4.69) is 11.4 Å². The molecule has 1 saturated heterocycles. The number of benzene rings is 3. The maximum atomic E-state index is 13.4. The van der Waals surface area contributed by atoms with Crippen LogP contribution in [0.5, 0.6) is 0 Å². The van der Waals surface area contributed by atoms with Crippen molar-refractivity contribution in [2.75, 3.05) is 13.1 Å². The predicted octanol–water partition coefficient (Wildman–Crippen LogP) is 4.61. The number of aryl methyl sites for hydroxylation is 2. The van der Waals surface area contributed by atoms with Crippen molar-refractivity contribution in [2.24, 2.45) is 5.92 Å². The van der Waals surface area contributed by atoms with Crippen LogP contribution in [0.15, 0.2) is 83.8 Å². The molecule has 4 rings (SSSR count). The lowest BCUT2D eigenvalue weighted by molar-refractivity contribution is -0.126. The number of amides is 1. The summed E-state index contributed by atoms with van der Waals surface area (Å²) in [4.78, 5) is 13.6. The number of hydrogen-bond acceptors (Lipinski definition) is 3. The smallest absolute Gasteiger partial charge is 0.243 e. The normalized spacial score (nSPS) is 17.9. The second kappa shape index (κ2) is 9.89. The Hall–Kier alpha value is -2.96. The topological polar surface area (TPSA) is 66.5 Å². The van der Waals surface area contributed by atoms with Gasteiger partial charge in [-0.25, -0.2) is 8.42 Å². The van der Waals surface area contributed by atoms with Crippen molar-refractivity contribution in [2.45, 2.75) is 37.6 Å². The first-order chi connectivity index (χ1) is 15.8. The maximum Gasteiger partial charge on any atom is 0.243 e. The summed E-state index contributed by atoms with van der Waals surface area (Å²) in [6.45, 7) is 4.58. The molecule has 1 aliphatic rings. The van der Waals surface area contributed by atoms with Crippen molar-refractivity contribution in [3.05, 3.63) is 101 Å². The van der Waals surface area contributed by atoms with E-state index in [1.54, 1.807) is 24.3 Å². The predicted molar refractivity (Wildman–Crippen MR) is 130 cm³/mol. The Labute approximate surface area is 196 Å². The zero-order valence-corrected chi connectivity index (χ0v) is 19.9. The van der Waals surface area contributed by atoms with Gasteiger partial charge in [-0.2, -0.15) is 4.31 Å². The van der Waals surface area contributed by atoms with Crippen LogP contribution >= 0.6 is 0 Å². The second-order valence-electron chi connectivity index (χ2n) is 8.78. The molecule has 1 fully saturated rings. The number of hydrogen-bond donors (Lipinski definition) is 1. The first-order valence-corrected chi connectivity index (χ1v) is 12.8. The average molecular weight is 463 g/mol. The Balaban J connectivity index is 1.54. The van der Waals surface area contributed by atoms with Crippen LogP contribution in [0, 0.1) is 19.8 Å². The number of carbonyl (C=O) groups excluding carboxylic acids is 1. The molecular weight excluding hydrogens is 432 g/mol. The molecule has 0 spiro atoms. The largest absolute Gasteiger partial charge is 0.345 e. The van der Waals surface area contributed by atoms with Crippen molar-refractivity contribution in [1.82, 2.24) is 9.62 Å². The molecule has 0 bridgehead atoms. The first kappa shape index (κ1) is 23.2. The Morgan fingerprint density at radius 2 is 1.61 bits per heavy atom. The van der Waals surface area contributed by atoms with Gasteiger partial charge in [0.15, 0.2) is 0 Å². The Morgan fingerprint density at radius 3 is 2.30 bits per heavy atom. The van der Waals surface area contributed by atoms with Gasteiger partial charge in [0.05, 0.1) is 16.9 Å². The molecular formula is C27H30N2O3S. The van der Waals surface area contributed by atoms with Gasteiger partial charge < -0.3 is 5.32 Å². The molecule has 3 aromatic rings. The van der Waals surface area contributed by atoms with Crippen molar-refractivity contribution in [3.8, 4) is 0 Å². The lowest BCUT2D eigenvalue weighted by atomic mass is 9.94. The molecule has 1 heterocycles. The number of nitrogens with zero attached hydrogens (tertiary/aromatic N) is 1. The van der Waals surface area contributed by atoms with Crippen LogP contribution in [-0.2, 0) is 14.8 Å². The standard InChI is InChI=1S/C27H30N2O3S/c1-20-13-15-25(16-14-20)33(31,32)29-17-7-12-24(19-29)27(30)28-26(22-9-4-3-5-10-22)23-11-6-8-21(2)18-23/h3-6,8-11,13-16,18,24,26H,7,12,17,19H2,1-2H3,(H,28,30). The van der Waals surface area contributed by atoms with Crippen LogP contribution in [-0.4, -0.2) is 31.7 Å². The molecule has 0 aromatic heterocycles. The SMILES string of the molecule is Cc1ccc(S(=O)(=O)N2CCCC(C(=O)NC(c3ccccc3)c3cccc(C)c3)C2)cc1. The summed E-state index contributed by atoms with van der Waals surface area (Å²) in [5, 5.41) is 3.21. The lowest BCUT2D eigenvalue weighted by Gasteiger charge is -2.32. The Bertz CT molecular complexity index is 1210. The molecule has 172 valence electrons. The highest BCUT2D eigenvalue weighted by atomic mass is 32.2. The van der Waals surface area contributed by atoms with E-state index in [0.29, 0.717) is 19.4 Å². The van der Waals surface area contributed by atoms with Crippen LogP contribution in [0.1, 0.15) is 41.1 Å². The molecule has 2 unspecified atom stereocenters. The van der Waals surface area contributed by atoms with Crippen LogP contribution in [0.25, 0.3) is 0 Å². The zero-order valence-electron chi connectivity index (χ0n) is 19.1. The number of piperidine rings is 1. The summed E-state index contributed by atoms with van der Waals surface area (Å²) >= 11 is 0. The van der Waals surface area contributed by atoms with Gasteiger partial charge >= 0.3 is 0 Å². The van der Waals surface area contributed by atoms with E-state index in [-0.39, 0.29) is 23.4 Å². The maximum absolute atomic E-state index is 13.4. The van der Waals surface area contributed by atoms with Crippen LogP contribution in [0.2, 0.25) is 0 Å². The van der Waals surface area contributed by atoms with E-state index >= 15 is 0 Å². The second-order valence-corrected chi connectivity index (χ2v) is 10.7. The molecule has 0 radical (unpaired) electrons. The fraction of sp³-hybridized carbons (Fsp3) is 0.296. The third-order valence-corrected chi connectivity index (χ3v) is 8.09. The molecule has 1 aliphatic heterocycles. The number of rotatable bonds is 6. The minimum absolute atomic E-state index is 0.117. The Kier molecular flexibility index (Phi) is 6.96. The summed E-state index contributed by atoms with van der Waals surface area (Å²) in [5.74, 6) is -0.510. The van der Waals surface area contributed by atoms with Crippen LogP contribution < -0.4 is 5.32 Å². The number of sulfonamides is 1. The van der Waals surface area contributed by atoms with Crippen LogP contribution in [0.3, 0.4) is 0 Å². The lowest BCUT2D eigenvalue weighted by Crippen LogP contribution is -2.46. The molecule has 33 heavy (non-hydrogen) atoms. The van der Waals surface area contributed by atoms with Gasteiger partial charge in [-0.1, -0.05) is 77.9 Å². The fourth-order valence-corrected chi connectivity index (χ4v) is 5.87. The van der Waals surface area contributed by atoms with E-state index in [0.717, 1.165) is 22.3 Å². The van der Waals surface area contributed by atoms with E-state index < -0.39 is 15.9 Å². The average Bonchev–Trinajstić information content (AvgIpc) is 2.83. The summed E-state index contributed by atoms with van der Waals surface area (Å²) in [6, 6.07) is 24.6. The minimum atomic E-state index is -3.63. The third-order valence-electron chi connectivity index (χ3n) is 6.21. The fourth-order valence-electron chi connectivity index (χ4n) is 4.35. The third kappa shape index (κ3) is 5.34. The molecule has 0 aliphatic carbocycles. The van der Waals surface area contributed by atoms with E-state index in [1.807, 2.05) is 62.4 Å². The molecule has 3 aromatic carbocycles. The molecule has 1 N–H and O–H groups in total. The van der Waals surface area contributed by atoms with E-state index in [4.69, 9.17) is 0 Å². The molecule has 2 atom stereocenters. The molecule has 6 heteroatoms. The van der Waals surface area contributed by atoms with Crippen molar-refractivity contribution in [1.29, 1.82) is 0 Å². The van der Waals surface area contributed by atoms with E-state index in [9.17, 15) is 13.2 Å².